The van der Waals surface area contributed by atoms with Crippen molar-refractivity contribution >= 4 is 44.9 Å². The molecule has 0 aliphatic heterocycles. The topological polar surface area (TPSA) is 76.5 Å². The highest BCUT2D eigenvalue weighted by atomic mass is 16.3. The highest BCUT2D eigenvalue weighted by Crippen LogP contribution is 2.35. The molecule has 5 aromatic rings. The van der Waals surface area contributed by atoms with Crippen molar-refractivity contribution in [3.8, 4) is 0 Å². The number of nitrogens with zero attached hydrogens (tertiary/aromatic N) is 3. The van der Waals surface area contributed by atoms with Crippen LogP contribution in [0.4, 0.5) is 5.82 Å². The van der Waals surface area contributed by atoms with E-state index in [0.717, 1.165) is 27.3 Å². The van der Waals surface area contributed by atoms with Gasteiger partial charge >= 0.3 is 0 Å². The summed E-state index contributed by atoms with van der Waals surface area (Å²) in [4.78, 5) is 9.05. The first-order valence-electron chi connectivity index (χ1n) is 8.21. The van der Waals surface area contributed by atoms with E-state index in [-0.39, 0.29) is 0 Å². The molecule has 0 bridgehead atoms. The van der Waals surface area contributed by atoms with Gasteiger partial charge in [0.25, 0.3) is 0 Å². The third-order valence-electron chi connectivity index (χ3n) is 4.22. The van der Waals surface area contributed by atoms with E-state index in [4.69, 9.17) is 8.83 Å². The van der Waals surface area contributed by atoms with E-state index in [1.165, 1.54) is 0 Å². The van der Waals surface area contributed by atoms with E-state index in [2.05, 4.69) is 32.6 Å². The van der Waals surface area contributed by atoms with Crippen LogP contribution in [-0.2, 0) is 0 Å². The second-order valence-corrected chi connectivity index (χ2v) is 5.94. The van der Waals surface area contributed by atoms with Gasteiger partial charge in [-0.05, 0) is 35.9 Å². The Morgan fingerprint density at radius 1 is 1.04 bits per heavy atom. The normalized spacial score (nSPS) is 11.9. The van der Waals surface area contributed by atoms with Gasteiger partial charge in [0.1, 0.15) is 22.7 Å². The standard InChI is InChI=1S/C20H14N4O2/c1-12-22-18-17-15-7-3-2-5-13(15)8-9-16(17)26-19(18)20(23-12)24-21-11-14-6-4-10-25-14/h2-11H,1H3,(H,22,23,24)/b21-11+. The molecule has 1 N–H and O–H groups in total. The molecule has 0 unspecified atom stereocenters. The van der Waals surface area contributed by atoms with Crippen LogP contribution in [-0.4, -0.2) is 16.2 Å². The third-order valence-corrected chi connectivity index (χ3v) is 4.22. The zero-order valence-corrected chi connectivity index (χ0v) is 13.9. The molecule has 0 spiro atoms. The number of anilines is 1. The molecular weight excluding hydrogens is 328 g/mol. The smallest absolute Gasteiger partial charge is 0.197 e. The van der Waals surface area contributed by atoms with Crippen molar-refractivity contribution in [1.29, 1.82) is 0 Å². The van der Waals surface area contributed by atoms with Crippen molar-refractivity contribution in [3.63, 3.8) is 0 Å². The Kier molecular flexibility index (Phi) is 3.21. The molecule has 6 heteroatoms. The lowest BCUT2D eigenvalue weighted by Gasteiger charge is -2.01. The molecule has 0 amide bonds. The van der Waals surface area contributed by atoms with Gasteiger partial charge in [0.15, 0.2) is 11.4 Å². The maximum Gasteiger partial charge on any atom is 0.197 e. The van der Waals surface area contributed by atoms with Crippen molar-refractivity contribution < 1.29 is 8.83 Å². The molecule has 126 valence electrons. The summed E-state index contributed by atoms with van der Waals surface area (Å²) in [6.45, 7) is 1.85. The number of hydrazone groups is 1. The molecule has 0 aliphatic carbocycles. The van der Waals surface area contributed by atoms with Crippen LogP contribution in [0.1, 0.15) is 11.6 Å². The van der Waals surface area contributed by atoms with Crippen molar-refractivity contribution in [2.75, 3.05) is 5.43 Å². The molecule has 3 heterocycles. The molecule has 3 aromatic heterocycles. The van der Waals surface area contributed by atoms with Crippen LogP contribution in [0.15, 0.2) is 68.7 Å². The molecule has 0 radical (unpaired) electrons. The van der Waals surface area contributed by atoms with Gasteiger partial charge in [-0.3, -0.25) is 5.43 Å². The van der Waals surface area contributed by atoms with Crippen LogP contribution in [0, 0.1) is 6.92 Å². The fourth-order valence-corrected chi connectivity index (χ4v) is 3.12. The summed E-state index contributed by atoms with van der Waals surface area (Å²) in [6, 6.07) is 15.8. The Bertz CT molecular complexity index is 1270. The number of fused-ring (bicyclic) bond motifs is 5. The van der Waals surface area contributed by atoms with Crippen molar-refractivity contribution in [2.45, 2.75) is 6.92 Å². The molecule has 26 heavy (non-hydrogen) atoms. The zero-order chi connectivity index (χ0) is 17.5. The maximum absolute atomic E-state index is 6.05. The SMILES string of the molecule is Cc1nc(N/N=C/c2ccco2)c2oc3ccc4ccccc4c3c2n1. The highest BCUT2D eigenvalue weighted by Gasteiger charge is 2.16. The van der Waals surface area contributed by atoms with Crippen LogP contribution in [0.2, 0.25) is 0 Å². The summed E-state index contributed by atoms with van der Waals surface area (Å²) in [5, 5.41) is 7.42. The Balaban J connectivity index is 1.70. The van der Waals surface area contributed by atoms with Gasteiger partial charge in [0, 0.05) is 0 Å². The summed E-state index contributed by atoms with van der Waals surface area (Å²) >= 11 is 0. The number of hydrogen-bond acceptors (Lipinski definition) is 6. The first kappa shape index (κ1) is 14.7. The van der Waals surface area contributed by atoms with E-state index in [9.17, 15) is 0 Å². The maximum atomic E-state index is 6.05. The summed E-state index contributed by atoms with van der Waals surface area (Å²) in [6.07, 6.45) is 3.18. The molecule has 0 atom stereocenters. The average Bonchev–Trinajstić information content (AvgIpc) is 3.29. The van der Waals surface area contributed by atoms with Gasteiger partial charge in [-0.1, -0.05) is 30.3 Å². The fraction of sp³-hybridized carbons (Fsp3) is 0.0500. The van der Waals surface area contributed by atoms with Gasteiger partial charge in [-0.2, -0.15) is 5.10 Å². The van der Waals surface area contributed by atoms with Crippen LogP contribution in [0.3, 0.4) is 0 Å². The molecule has 2 aromatic carbocycles. The van der Waals surface area contributed by atoms with Crippen LogP contribution < -0.4 is 5.43 Å². The Morgan fingerprint density at radius 3 is 2.85 bits per heavy atom. The second-order valence-electron chi connectivity index (χ2n) is 5.94. The van der Waals surface area contributed by atoms with Gasteiger partial charge in [-0.25, -0.2) is 9.97 Å². The minimum Gasteiger partial charge on any atom is -0.463 e. The first-order chi connectivity index (χ1) is 12.8. The monoisotopic (exact) mass is 342 g/mol. The zero-order valence-electron chi connectivity index (χ0n) is 13.9. The molecule has 0 saturated heterocycles. The molecule has 5 rings (SSSR count). The number of hydrogen-bond donors (Lipinski definition) is 1. The van der Waals surface area contributed by atoms with Crippen LogP contribution in [0.5, 0.6) is 0 Å². The minimum atomic E-state index is 0.524. The van der Waals surface area contributed by atoms with Crippen molar-refractivity contribution in [3.05, 3.63) is 66.4 Å². The highest BCUT2D eigenvalue weighted by molar-refractivity contribution is 6.18. The van der Waals surface area contributed by atoms with Gasteiger partial charge in [0.05, 0.1) is 17.9 Å². The Morgan fingerprint density at radius 2 is 1.96 bits per heavy atom. The summed E-state index contributed by atoms with van der Waals surface area (Å²) < 4.78 is 11.3. The van der Waals surface area contributed by atoms with Gasteiger partial charge in [-0.15, -0.1) is 0 Å². The van der Waals surface area contributed by atoms with Crippen molar-refractivity contribution in [2.24, 2.45) is 5.10 Å². The van der Waals surface area contributed by atoms with E-state index in [1.54, 1.807) is 18.5 Å². The van der Waals surface area contributed by atoms with E-state index in [1.807, 2.05) is 37.3 Å². The predicted octanol–water partition coefficient (Wildman–Crippen LogP) is 4.88. The number of aromatic nitrogens is 2. The first-order valence-corrected chi connectivity index (χ1v) is 8.21. The lowest BCUT2D eigenvalue weighted by Crippen LogP contribution is -1.97. The minimum absolute atomic E-state index is 0.524. The number of aryl methyl sites for hydroxylation is 1. The van der Waals surface area contributed by atoms with Crippen molar-refractivity contribution in [1.82, 2.24) is 9.97 Å². The number of rotatable bonds is 3. The lowest BCUT2D eigenvalue weighted by atomic mass is 10.1. The number of benzene rings is 2. The summed E-state index contributed by atoms with van der Waals surface area (Å²) in [5.74, 6) is 1.81. The molecule has 0 fully saturated rings. The predicted molar refractivity (Wildman–Crippen MR) is 101 cm³/mol. The van der Waals surface area contributed by atoms with E-state index < -0.39 is 0 Å². The Labute approximate surface area is 148 Å². The molecule has 6 nitrogen and oxygen atoms in total. The largest absolute Gasteiger partial charge is 0.463 e. The van der Waals surface area contributed by atoms with Gasteiger partial charge < -0.3 is 8.83 Å². The lowest BCUT2D eigenvalue weighted by molar-refractivity contribution is 0.560. The van der Waals surface area contributed by atoms with E-state index in [0.29, 0.717) is 23.0 Å². The summed E-state index contributed by atoms with van der Waals surface area (Å²) in [5.41, 5.74) is 5.07. The van der Waals surface area contributed by atoms with Gasteiger partial charge in [0.2, 0.25) is 0 Å². The van der Waals surface area contributed by atoms with Crippen LogP contribution >= 0.6 is 0 Å². The van der Waals surface area contributed by atoms with E-state index >= 15 is 0 Å². The quantitative estimate of drug-likeness (QED) is 0.374. The number of furan rings is 2. The fourth-order valence-electron chi connectivity index (χ4n) is 3.12. The molecule has 0 aliphatic rings. The number of nitrogens with one attached hydrogen (secondary N) is 1. The second kappa shape index (κ2) is 5.70. The van der Waals surface area contributed by atoms with Crippen LogP contribution in [0.25, 0.3) is 32.8 Å². The molecule has 0 saturated carbocycles. The Hall–Kier alpha value is -3.67. The molecular formula is C20H14N4O2. The third kappa shape index (κ3) is 2.31. The summed E-state index contributed by atoms with van der Waals surface area (Å²) in [7, 11) is 0. The average molecular weight is 342 g/mol.